The maximum atomic E-state index is 13.2. The predicted molar refractivity (Wildman–Crippen MR) is 67.1 cm³/mol. The third-order valence-electron chi connectivity index (χ3n) is 2.14. The van der Waals surface area contributed by atoms with Gasteiger partial charge in [0.15, 0.2) is 0 Å². The van der Waals surface area contributed by atoms with Gasteiger partial charge in [-0.15, -0.1) is 0 Å². The molecule has 4 heteroatoms. The van der Waals surface area contributed by atoms with Crippen LogP contribution < -0.4 is 4.74 Å². The van der Waals surface area contributed by atoms with E-state index < -0.39 is 5.60 Å². The third kappa shape index (κ3) is 5.17. The predicted octanol–water partition coefficient (Wildman–Crippen LogP) is 3.24. The van der Waals surface area contributed by atoms with E-state index in [0.717, 1.165) is 0 Å². The second-order valence-corrected chi connectivity index (χ2v) is 5.10. The summed E-state index contributed by atoms with van der Waals surface area (Å²) in [6.07, 6.45) is 0.146. The first-order chi connectivity index (χ1) is 8.28. The summed E-state index contributed by atoms with van der Waals surface area (Å²) in [5.74, 6) is -0.221. The second kappa shape index (κ2) is 5.85. The maximum absolute atomic E-state index is 13.2. The van der Waals surface area contributed by atoms with Crippen molar-refractivity contribution in [3.8, 4) is 5.75 Å². The van der Waals surface area contributed by atoms with E-state index in [0.29, 0.717) is 11.3 Å². The number of benzene rings is 1. The first kappa shape index (κ1) is 14.5. The van der Waals surface area contributed by atoms with Crippen molar-refractivity contribution in [3.63, 3.8) is 0 Å². The Morgan fingerprint density at radius 2 is 2.00 bits per heavy atom. The quantitative estimate of drug-likeness (QED) is 0.774. The van der Waals surface area contributed by atoms with Gasteiger partial charge in [0.05, 0.1) is 13.0 Å². The monoisotopic (exact) mass is 254 g/mol. The fourth-order valence-corrected chi connectivity index (χ4v) is 1.31. The van der Waals surface area contributed by atoms with Gasteiger partial charge in [-0.1, -0.05) is 6.07 Å². The summed E-state index contributed by atoms with van der Waals surface area (Å²) in [6, 6.07) is 4.62. The number of hydrogen-bond donors (Lipinski definition) is 0. The summed E-state index contributed by atoms with van der Waals surface area (Å²) in [5.41, 5.74) is 0.0713. The number of halogens is 1. The van der Waals surface area contributed by atoms with E-state index in [9.17, 15) is 9.18 Å². The van der Waals surface area contributed by atoms with Gasteiger partial charge in [0, 0.05) is 6.07 Å². The molecule has 0 aromatic heterocycles. The molecule has 0 fully saturated rings. The van der Waals surface area contributed by atoms with Crippen molar-refractivity contribution in [2.45, 2.75) is 39.7 Å². The van der Waals surface area contributed by atoms with Gasteiger partial charge in [0.25, 0.3) is 0 Å². The van der Waals surface area contributed by atoms with Crippen LogP contribution in [0.25, 0.3) is 0 Å². The molecule has 0 aliphatic heterocycles. The molecule has 0 heterocycles. The van der Waals surface area contributed by atoms with E-state index in [1.807, 2.05) is 0 Å². The molecule has 0 radical (unpaired) electrons. The lowest BCUT2D eigenvalue weighted by Crippen LogP contribution is -2.24. The average molecular weight is 254 g/mol. The van der Waals surface area contributed by atoms with Crippen LogP contribution in [-0.2, 0) is 9.53 Å². The fourth-order valence-electron chi connectivity index (χ4n) is 1.31. The largest absolute Gasteiger partial charge is 0.493 e. The highest BCUT2D eigenvalue weighted by Crippen LogP contribution is 2.16. The van der Waals surface area contributed by atoms with Crippen LogP contribution in [0.5, 0.6) is 5.75 Å². The first-order valence-corrected chi connectivity index (χ1v) is 5.89. The van der Waals surface area contributed by atoms with Gasteiger partial charge in [-0.25, -0.2) is 4.39 Å². The Morgan fingerprint density at radius 1 is 1.33 bits per heavy atom. The van der Waals surface area contributed by atoms with Gasteiger partial charge in [0.2, 0.25) is 0 Å². The van der Waals surface area contributed by atoms with Crippen molar-refractivity contribution in [2.24, 2.45) is 0 Å². The Balaban J connectivity index is 2.38. The van der Waals surface area contributed by atoms with Crippen LogP contribution in [0, 0.1) is 12.7 Å². The Hall–Kier alpha value is -1.58. The van der Waals surface area contributed by atoms with E-state index >= 15 is 0 Å². The summed E-state index contributed by atoms with van der Waals surface area (Å²) in [5, 5.41) is 0. The molecule has 1 rings (SSSR count). The van der Waals surface area contributed by atoms with Crippen molar-refractivity contribution in [2.75, 3.05) is 6.61 Å². The molecular weight excluding hydrogens is 235 g/mol. The van der Waals surface area contributed by atoms with Gasteiger partial charge in [-0.2, -0.15) is 0 Å². The van der Waals surface area contributed by atoms with E-state index in [4.69, 9.17) is 9.47 Å². The molecule has 0 aliphatic carbocycles. The van der Waals surface area contributed by atoms with E-state index in [1.54, 1.807) is 39.8 Å². The minimum Gasteiger partial charge on any atom is -0.493 e. The van der Waals surface area contributed by atoms with Gasteiger partial charge < -0.3 is 9.47 Å². The molecule has 0 bridgehead atoms. The Bertz CT molecular complexity index is 422. The van der Waals surface area contributed by atoms with Crippen molar-refractivity contribution in [3.05, 3.63) is 29.6 Å². The van der Waals surface area contributed by atoms with Gasteiger partial charge in [-0.3, -0.25) is 4.79 Å². The zero-order valence-corrected chi connectivity index (χ0v) is 11.2. The number of ether oxygens (including phenoxy) is 2. The fraction of sp³-hybridized carbons (Fsp3) is 0.500. The second-order valence-electron chi connectivity index (χ2n) is 5.10. The smallest absolute Gasteiger partial charge is 0.309 e. The topological polar surface area (TPSA) is 35.5 Å². The number of hydrogen-bond acceptors (Lipinski definition) is 3. The molecule has 0 saturated heterocycles. The number of aryl methyl sites for hydroxylation is 1. The molecule has 0 N–H and O–H groups in total. The van der Waals surface area contributed by atoms with Gasteiger partial charge in [0.1, 0.15) is 17.2 Å². The molecule has 3 nitrogen and oxygen atoms in total. The molecule has 0 unspecified atom stereocenters. The van der Waals surface area contributed by atoms with E-state index in [2.05, 4.69) is 0 Å². The van der Waals surface area contributed by atoms with Crippen LogP contribution in [0.1, 0.15) is 32.8 Å². The molecule has 0 atom stereocenters. The number of rotatable bonds is 4. The highest BCUT2D eigenvalue weighted by Gasteiger charge is 2.15. The lowest BCUT2D eigenvalue weighted by atomic mass is 10.2. The van der Waals surface area contributed by atoms with Crippen LogP contribution in [0.15, 0.2) is 18.2 Å². The van der Waals surface area contributed by atoms with Crippen molar-refractivity contribution < 1.29 is 18.7 Å². The minimum absolute atomic E-state index is 0.146. The SMILES string of the molecule is Cc1ccc(OCCC(=O)OC(C)(C)C)cc1F. The summed E-state index contributed by atoms with van der Waals surface area (Å²) in [4.78, 5) is 11.4. The van der Waals surface area contributed by atoms with Crippen LogP contribution in [0.2, 0.25) is 0 Å². The number of esters is 1. The lowest BCUT2D eigenvalue weighted by Gasteiger charge is -2.19. The first-order valence-electron chi connectivity index (χ1n) is 5.89. The Kier molecular flexibility index (Phi) is 4.70. The normalized spacial score (nSPS) is 11.2. The standard InChI is InChI=1S/C14H19FO3/c1-10-5-6-11(9-12(10)15)17-8-7-13(16)18-14(2,3)4/h5-6,9H,7-8H2,1-4H3. The van der Waals surface area contributed by atoms with E-state index in [-0.39, 0.29) is 24.8 Å². The molecule has 0 aliphatic rings. The van der Waals surface area contributed by atoms with Crippen molar-refractivity contribution in [1.29, 1.82) is 0 Å². The summed E-state index contributed by atoms with van der Waals surface area (Å²) >= 11 is 0. The van der Waals surface area contributed by atoms with Crippen LogP contribution in [0.4, 0.5) is 4.39 Å². The van der Waals surface area contributed by atoms with Crippen LogP contribution >= 0.6 is 0 Å². The van der Waals surface area contributed by atoms with Crippen molar-refractivity contribution in [1.82, 2.24) is 0 Å². The maximum Gasteiger partial charge on any atom is 0.309 e. The Morgan fingerprint density at radius 3 is 2.56 bits per heavy atom. The van der Waals surface area contributed by atoms with Crippen molar-refractivity contribution >= 4 is 5.97 Å². The highest BCUT2D eigenvalue weighted by molar-refractivity contribution is 5.69. The summed E-state index contributed by atoms with van der Waals surface area (Å²) in [6.45, 7) is 7.28. The zero-order valence-electron chi connectivity index (χ0n) is 11.2. The molecular formula is C14H19FO3. The zero-order chi connectivity index (χ0) is 13.8. The number of carbonyl (C=O) groups is 1. The average Bonchev–Trinajstić information content (AvgIpc) is 2.20. The summed E-state index contributed by atoms with van der Waals surface area (Å²) < 4.78 is 23.6. The molecule has 1 aromatic carbocycles. The third-order valence-corrected chi connectivity index (χ3v) is 2.14. The minimum atomic E-state index is -0.493. The van der Waals surface area contributed by atoms with Crippen LogP contribution in [-0.4, -0.2) is 18.2 Å². The molecule has 18 heavy (non-hydrogen) atoms. The highest BCUT2D eigenvalue weighted by atomic mass is 19.1. The van der Waals surface area contributed by atoms with Crippen LogP contribution in [0.3, 0.4) is 0 Å². The number of carbonyl (C=O) groups excluding carboxylic acids is 1. The lowest BCUT2D eigenvalue weighted by molar-refractivity contribution is -0.155. The summed E-state index contributed by atoms with van der Waals surface area (Å²) in [7, 11) is 0. The molecule has 0 amide bonds. The van der Waals surface area contributed by atoms with E-state index in [1.165, 1.54) is 6.07 Å². The molecule has 0 saturated carbocycles. The van der Waals surface area contributed by atoms with Gasteiger partial charge >= 0.3 is 5.97 Å². The molecule has 1 aromatic rings. The van der Waals surface area contributed by atoms with Gasteiger partial charge in [-0.05, 0) is 39.3 Å². The molecule has 100 valence electrons. The molecule has 0 spiro atoms. The Labute approximate surface area is 107 Å².